The normalized spacial score (nSPS) is 11.0. The molecule has 0 saturated carbocycles. The van der Waals surface area contributed by atoms with Gasteiger partial charge in [-0.3, -0.25) is 4.79 Å². The van der Waals surface area contributed by atoms with Crippen LogP contribution in [-0.4, -0.2) is 10.2 Å². The summed E-state index contributed by atoms with van der Waals surface area (Å²) in [5, 5.41) is 9.79. The van der Waals surface area contributed by atoms with Crippen LogP contribution in [0, 0.1) is 0 Å². The third-order valence-corrected chi connectivity index (χ3v) is 5.72. The number of phenolic OH excluding ortho intramolecular Hbond substituents is 1. The molecule has 3 aromatic rings. The van der Waals surface area contributed by atoms with E-state index in [-0.39, 0.29) is 10.9 Å². The molecule has 0 aliphatic rings. The maximum absolute atomic E-state index is 12.5. The van der Waals surface area contributed by atoms with Gasteiger partial charge in [-0.25, -0.2) is 0 Å². The minimum atomic E-state index is 0.0153. The van der Waals surface area contributed by atoms with Gasteiger partial charge in [-0.1, -0.05) is 48.6 Å². The monoisotopic (exact) mass is 488 g/mol. The zero-order valence-corrected chi connectivity index (χ0v) is 17.5. The van der Waals surface area contributed by atoms with E-state index in [1.165, 1.54) is 11.8 Å². The molecule has 0 aliphatic carbocycles. The Hall–Kier alpha value is -1.82. The highest BCUT2D eigenvalue weighted by molar-refractivity contribution is 9.11. The SMILES string of the molecule is O=C(Sc1ccccc1)c1cccc(C=Cc2cc(Br)c(O)c(Br)c2)c1. The Labute approximate surface area is 173 Å². The average Bonchev–Trinajstić information content (AvgIpc) is 2.65. The lowest BCUT2D eigenvalue weighted by molar-refractivity contribution is 0.108. The van der Waals surface area contributed by atoms with Crippen LogP contribution >= 0.6 is 43.6 Å². The van der Waals surface area contributed by atoms with E-state index in [4.69, 9.17) is 0 Å². The number of halogens is 2. The Morgan fingerprint density at radius 1 is 0.846 bits per heavy atom. The van der Waals surface area contributed by atoms with Crippen molar-refractivity contribution in [3.63, 3.8) is 0 Å². The van der Waals surface area contributed by atoms with Gasteiger partial charge in [0.1, 0.15) is 5.75 Å². The van der Waals surface area contributed by atoms with Crippen LogP contribution in [0.3, 0.4) is 0 Å². The zero-order chi connectivity index (χ0) is 18.5. The standard InChI is InChI=1S/C21H14Br2O2S/c22-18-12-15(13-19(23)20(18)24)10-9-14-5-4-6-16(11-14)21(25)26-17-7-2-1-3-8-17/h1-13,24H. The molecular formula is C21H14Br2O2S. The average molecular weight is 490 g/mol. The number of hydrogen-bond acceptors (Lipinski definition) is 3. The summed E-state index contributed by atoms with van der Waals surface area (Å²) in [6.45, 7) is 0. The highest BCUT2D eigenvalue weighted by Crippen LogP contribution is 2.34. The summed E-state index contributed by atoms with van der Waals surface area (Å²) in [5.41, 5.74) is 2.52. The largest absolute Gasteiger partial charge is 0.506 e. The fourth-order valence-electron chi connectivity index (χ4n) is 2.30. The van der Waals surface area contributed by atoms with Gasteiger partial charge in [0.25, 0.3) is 0 Å². The molecule has 0 amide bonds. The van der Waals surface area contributed by atoms with Crippen LogP contribution in [-0.2, 0) is 0 Å². The summed E-state index contributed by atoms with van der Waals surface area (Å²) in [7, 11) is 0. The summed E-state index contributed by atoms with van der Waals surface area (Å²) >= 11 is 7.87. The van der Waals surface area contributed by atoms with E-state index in [1.807, 2.05) is 78.9 Å². The van der Waals surface area contributed by atoms with Crippen LogP contribution in [0.25, 0.3) is 12.2 Å². The van der Waals surface area contributed by atoms with E-state index in [9.17, 15) is 9.90 Å². The molecule has 0 atom stereocenters. The van der Waals surface area contributed by atoms with Crippen LogP contribution in [0.1, 0.15) is 21.5 Å². The van der Waals surface area contributed by atoms with Crippen molar-refractivity contribution in [1.82, 2.24) is 0 Å². The van der Waals surface area contributed by atoms with Crippen molar-refractivity contribution in [2.45, 2.75) is 4.90 Å². The van der Waals surface area contributed by atoms with E-state index in [0.29, 0.717) is 14.5 Å². The quantitative estimate of drug-likeness (QED) is 0.316. The van der Waals surface area contributed by atoms with Gasteiger partial charge in [0, 0.05) is 10.5 Å². The van der Waals surface area contributed by atoms with Gasteiger partial charge in [-0.2, -0.15) is 0 Å². The number of aromatic hydroxyl groups is 1. The third kappa shape index (κ3) is 4.87. The maximum atomic E-state index is 12.5. The van der Waals surface area contributed by atoms with E-state index < -0.39 is 0 Å². The fraction of sp³-hybridized carbons (Fsp3) is 0. The Morgan fingerprint density at radius 2 is 1.50 bits per heavy atom. The lowest BCUT2D eigenvalue weighted by Crippen LogP contribution is -1.93. The van der Waals surface area contributed by atoms with Crippen LogP contribution in [0.2, 0.25) is 0 Å². The summed E-state index contributed by atoms with van der Waals surface area (Å²) in [4.78, 5) is 13.4. The van der Waals surface area contributed by atoms with E-state index >= 15 is 0 Å². The second-order valence-electron chi connectivity index (χ2n) is 5.49. The molecule has 0 bridgehead atoms. The number of hydrogen-bond donors (Lipinski definition) is 1. The predicted molar refractivity (Wildman–Crippen MR) is 116 cm³/mol. The molecule has 2 nitrogen and oxygen atoms in total. The zero-order valence-electron chi connectivity index (χ0n) is 13.5. The first-order valence-electron chi connectivity index (χ1n) is 7.76. The van der Waals surface area contributed by atoms with Crippen LogP contribution < -0.4 is 0 Å². The van der Waals surface area contributed by atoms with Crippen molar-refractivity contribution < 1.29 is 9.90 Å². The molecular weight excluding hydrogens is 476 g/mol. The van der Waals surface area contributed by atoms with Gasteiger partial charge >= 0.3 is 0 Å². The second kappa shape index (κ2) is 8.71. The lowest BCUT2D eigenvalue weighted by Gasteiger charge is -2.04. The number of benzene rings is 3. The van der Waals surface area contributed by atoms with Crippen LogP contribution in [0.5, 0.6) is 5.75 Å². The lowest BCUT2D eigenvalue weighted by atomic mass is 10.1. The first-order valence-corrected chi connectivity index (χ1v) is 10.2. The second-order valence-corrected chi connectivity index (χ2v) is 8.25. The van der Waals surface area contributed by atoms with Gasteiger partial charge in [0.2, 0.25) is 5.12 Å². The summed E-state index contributed by atoms with van der Waals surface area (Å²) in [5.74, 6) is 0.174. The molecule has 0 aromatic heterocycles. The highest BCUT2D eigenvalue weighted by atomic mass is 79.9. The molecule has 0 spiro atoms. The molecule has 5 heteroatoms. The van der Waals surface area contributed by atoms with Crippen molar-refractivity contribution in [1.29, 1.82) is 0 Å². The van der Waals surface area contributed by atoms with Crippen molar-refractivity contribution >= 4 is 60.9 Å². The van der Waals surface area contributed by atoms with E-state index in [0.717, 1.165) is 16.0 Å². The third-order valence-electron chi connectivity index (χ3n) is 3.58. The predicted octanol–water partition coefficient (Wildman–Crippen LogP) is 7.02. The Kier molecular flexibility index (Phi) is 6.35. The summed E-state index contributed by atoms with van der Waals surface area (Å²) in [6.07, 6.45) is 3.87. The smallest absolute Gasteiger partial charge is 0.224 e. The number of thioether (sulfide) groups is 1. The summed E-state index contributed by atoms with van der Waals surface area (Å²) < 4.78 is 1.24. The first-order chi connectivity index (χ1) is 12.5. The minimum Gasteiger partial charge on any atom is -0.506 e. The Balaban J connectivity index is 1.78. The maximum Gasteiger partial charge on any atom is 0.224 e. The topological polar surface area (TPSA) is 37.3 Å². The number of rotatable bonds is 4. The molecule has 130 valence electrons. The van der Waals surface area contributed by atoms with Crippen molar-refractivity contribution in [3.8, 4) is 5.75 Å². The fourth-order valence-corrected chi connectivity index (χ4v) is 4.27. The molecule has 0 heterocycles. The highest BCUT2D eigenvalue weighted by Gasteiger charge is 2.08. The van der Waals surface area contributed by atoms with E-state index in [2.05, 4.69) is 31.9 Å². The molecule has 3 aromatic carbocycles. The molecule has 0 radical (unpaired) electrons. The van der Waals surface area contributed by atoms with Gasteiger partial charge < -0.3 is 5.11 Å². The van der Waals surface area contributed by atoms with Gasteiger partial charge in [0.15, 0.2) is 0 Å². The number of phenols is 1. The molecule has 3 rings (SSSR count). The number of carbonyl (C=O) groups excluding carboxylic acids is 1. The van der Waals surface area contributed by atoms with Crippen molar-refractivity contribution in [2.75, 3.05) is 0 Å². The van der Waals surface area contributed by atoms with Gasteiger partial charge in [-0.15, -0.1) is 0 Å². The molecule has 0 saturated heterocycles. The van der Waals surface area contributed by atoms with Crippen LogP contribution in [0.4, 0.5) is 0 Å². The molecule has 0 fully saturated rings. The van der Waals surface area contributed by atoms with Crippen LogP contribution in [0.15, 0.2) is 80.6 Å². The van der Waals surface area contributed by atoms with E-state index in [1.54, 1.807) is 0 Å². The Bertz CT molecular complexity index is 946. The minimum absolute atomic E-state index is 0.0153. The first kappa shape index (κ1) is 19.0. The Morgan fingerprint density at radius 3 is 2.19 bits per heavy atom. The molecule has 0 unspecified atom stereocenters. The van der Waals surface area contributed by atoms with Crippen molar-refractivity contribution in [2.24, 2.45) is 0 Å². The van der Waals surface area contributed by atoms with Gasteiger partial charge in [0.05, 0.1) is 8.95 Å². The summed E-state index contributed by atoms with van der Waals surface area (Å²) in [6, 6.07) is 20.8. The molecule has 0 aliphatic heterocycles. The molecule has 1 N–H and O–H groups in total. The molecule has 26 heavy (non-hydrogen) atoms. The number of carbonyl (C=O) groups is 1. The van der Waals surface area contributed by atoms with Gasteiger partial charge in [-0.05, 0) is 85.1 Å². The van der Waals surface area contributed by atoms with Crippen molar-refractivity contribution in [3.05, 3.63) is 92.4 Å².